The van der Waals surface area contributed by atoms with Crippen molar-refractivity contribution in [3.05, 3.63) is 41.5 Å². The fourth-order valence-electron chi connectivity index (χ4n) is 1.97. The first-order valence-electron chi connectivity index (χ1n) is 7.73. The molecule has 0 aliphatic carbocycles. The predicted molar refractivity (Wildman–Crippen MR) is 86.1 cm³/mol. The molecular weight excluding hydrogens is 296 g/mol. The lowest BCUT2D eigenvalue weighted by Crippen LogP contribution is -2.36. The lowest BCUT2D eigenvalue weighted by molar-refractivity contribution is 0.0915. The van der Waals surface area contributed by atoms with Crippen molar-refractivity contribution in [1.82, 2.24) is 15.5 Å². The Morgan fingerprint density at radius 2 is 2.04 bits per heavy atom. The standard InChI is InChI=1S/C16H22N4O3/c1-3-12(10-21)18-16(22)11-5-7-13(8-6-11)17-9-15-19-14(4-2)20-23-15/h5-8,12,17,21H,3-4,9-10H2,1-2H3,(H,18,22). The average molecular weight is 318 g/mol. The second-order valence-corrected chi connectivity index (χ2v) is 5.15. The molecule has 1 amide bonds. The van der Waals surface area contributed by atoms with Crippen molar-refractivity contribution in [3.63, 3.8) is 0 Å². The van der Waals surface area contributed by atoms with Crippen LogP contribution in [0.5, 0.6) is 0 Å². The molecule has 0 saturated carbocycles. The summed E-state index contributed by atoms with van der Waals surface area (Å²) in [5.74, 6) is 1.02. The summed E-state index contributed by atoms with van der Waals surface area (Å²) in [6.07, 6.45) is 1.42. The molecule has 7 nitrogen and oxygen atoms in total. The molecule has 0 saturated heterocycles. The summed E-state index contributed by atoms with van der Waals surface area (Å²) in [5.41, 5.74) is 1.40. The minimum absolute atomic E-state index is 0.0637. The summed E-state index contributed by atoms with van der Waals surface area (Å²) in [7, 11) is 0. The number of anilines is 1. The smallest absolute Gasteiger partial charge is 0.251 e. The summed E-state index contributed by atoms with van der Waals surface area (Å²) in [6, 6.07) is 6.86. The van der Waals surface area contributed by atoms with Crippen LogP contribution in [0.1, 0.15) is 42.3 Å². The quantitative estimate of drug-likeness (QED) is 0.685. The molecule has 7 heteroatoms. The molecule has 2 rings (SSSR count). The van der Waals surface area contributed by atoms with E-state index in [0.717, 1.165) is 12.1 Å². The molecule has 23 heavy (non-hydrogen) atoms. The van der Waals surface area contributed by atoms with Gasteiger partial charge in [0.05, 0.1) is 19.2 Å². The number of amides is 1. The molecule has 1 unspecified atom stereocenters. The molecule has 0 radical (unpaired) electrons. The van der Waals surface area contributed by atoms with Gasteiger partial charge in [-0.1, -0.05) is 19.0 Å². The summed E-state index contributed by atoms with van der Waals surface area (Å²) in [4.78, 5) is 16.2. The second-order valence-electron chi connectivity index (χ2n) is 5.15. The third kappa shape index (κ3) is 4.79. The van der Waals surface area contributed by atoms with Crippen LogP contribution in [0, 0.1) is 0 Å². The van der Waals surface area contributed by atoms with Crippen molar-refractivity contribution >= 4 is 11.6 Å². The predicted octanol–water partition coefficient (Wildman–Crippen LogP) is 1.74. The van der Waals surface area contributed by atoms with Gasteiger partial charge in [-0.3, -0.25) is 4.79 Å². The van der Waals surface area contributed by atoms with Crippen LogP contribution in [-0.2, 0) is 13.0 Å². The number of hydrogen-bond acceptors (Lipinski definition) is 6. The van der Waals surface area contributed by atoms with Gasteiger partial charge in [-0.15, -0.1) is 0 Å². The van der Waals surface area contributed by atoms with Crippen molar-refractivity contribution < 1.29 is 14.4 Å². The van der Waals surface area contributed by atoms with E-state index in [2.05, 4.69) is 20.8 Å². The Morgan fingerprint density at radius 1 is 1.30 bits per heavy atom. The van der Waals surface area contributed by atoms with Gasteiger partial charge in [-0.05, 0) is 30.7 Å². The molecule has 124 valence electrons. The van der Waals surface area contributed by atoms with E-state index < -0.39 is 0 Å². The van der Waals surface area contributed by atoms with E-state index in [1.165, 1.54) is 0 Å². The van der Waals surface area contributed by atoms with E-state index in [0.29, 0.717) is 30.2 Å². The van der Waals surface area contributed by atoms with Crippen LogP contribution in [-0.4, -0.2) is 33.8 Å². The van der Waals surface area contributed by atoms with Crippen LogP contribution in [0.4, 0.5) is 5.69 Å². The molecule has 1 atom stereocenters. The van der Waals surface area contributed by atoms with Crippen molar-refractivity contribution in [2.24, 2.45) is 0 Å². The number of carbonyl (C=O) groups excluding carboxylic acids is 1. The lowest BCUT2D eigenvalue weighted by atomic mass is 10.1. The number of nitrogens with one attached hydrogen (secondary N) is 2. The van der Waals surface area contributed by atoms with Gasteiger partial charge in [0.25, 0.3) is 5.91 Å². The number of nitrogens with zero attached hydrogens (tertiary/aromatic N) is 2. The topological polar surface area (TPSA) is 100 Å². The zero-order valence-electron chi connectivity index (χ0n) is 13.4. The molecule has 0 bridgehead atoms. The summed E-state index contributed by atoms with van der Waals surface area (Å²) in [6.45, 7) is 4.24. The van der Waals surface area contributed by atoms with Gasteiger partial charge in [-0.2, -0.15) is 4.98 Å². The minimum atomic E-state index is -0.217. The molecule has 0 fully saturated rings. The highest BCUT2D eigenvalue weighted by Gasteiger charge is 2.11. The van der Waals surface area contributed by atoms with Crippen LogP contribution < -0.4 is 10.6 Å². The number of benzene rings is 1. The molecule has 0 aliphatic heterocycles. The van der Waals surface area contributed by atoms with Crippen LogP contribution in [0.2, 0.25) is 0 Å². The highest BCUT2D eigenvalue weighted by Crippen LogP contribution is 2.11. The van der Waals surface area contributed by atoms with E-state index in [9.17, 15) is 4.79 Å². The van der Waals surface area contributed by atoms with Crippen LogP contribution in [0.25, 0.3) is 0 Å². The monoisotopic (exact) mass is 318 g/mol. The van der Waals surface area contributed by atoms with Gasteiger partial charge in [0.15, 0.2) is 5.82 Å². The second kappa shape index (κ2) is 8.28. The van der Waals surface area contributed by atoms with Gasteiger partial charge < -0.3 is 20.3 Å². The number of aliphatic hydroxyl groups excluding tert-OH is 1. The summed E-state index contributed by atoms with van der Waals surface area (Å²) < 4.78 is 5.10. The zero-order chi connectivity index (χ0) is 16.7. The van der Waals surface area contributed by atoms with E-state index in [1.54, 1.807) is 12.1 Å². The minimum Gasteiger partial charge on any atom is -0.394 e. The van der Waals surface area contributed by atoms with E-state index >= 15 is 0 Å². The third-order valence-corrected chi connectivity index (χ3v) is 3.47. The Balaban J connectivity index is 1.89. The summed E-state index contributed by atoms with van der Waals surface area (Å²) in [5, 5.41) is 18.9. The Labute approximate surface area is 135 Å². The number of carbonyl (C=O) groups is 1. The largest absolute Gasteiger partial charge is 0.394 e. The van der Waals surface area contributed by atoms with Crippen LogP contribution >= 0.6 is 0 Å². The number of aliphatic hydroxyl groups is 1. The molecule has 0 spiro atoms. The van der Waals surface area contributed by atoms with Gasteiger partial charge in [0.1, 0.15) is 0 Å². The zero-order valence-corrected chi connectivity index (χ0v) is 13.4. The Kier molecular flexibility index (Phi) is 6.10. The molecule has 1 aromatic heterocycles. The maximum Gasteiger partial charge on any atom is 0.251 e. The molecule has 1 heterocycles. The molecule has 1 aromatic carbocycles. The first-order chi connectivity index (χ1) is 11.2. The third-order valence-electron chi connectivity index (χ3n) is 3.47. The molecular formula is C16H22N4O3. The van der Waals surface area contributed by atoms with Crippen LogP contribution in [0.15, 0.2) is 28.8 Å². The van der Waals surface area contributed by atoms with Crippen LogP contribution in [0.3, 0.4) is 0 Å². The van der Waals surface area contributed by atoms with Gasteiger partial charge in [0.2, 0.25) is 5.89 Å². The number of rotatable bonds is 8. The van der Waals surface area contributed by atoms with Gasteiger partial charge in [-0.25, -0.2) is 0 Å². The lowest BCUT2D eigenvalue weighted by Gasteiger charge is -2.14. The average Bonchev–Trinajstić information content (AvgIpc) is 3.06. The SMILES string of the molecule is CCc1noc(CNc2ccc(C(=O)NC(CC)CO)cc2)n1. The maximum absolute atomic E-state index is 12.0. The first kappa shape index (κ1) is 17.0. The fraction of sp³-hybridized carbons (Fsp3) is 0.438. The van der Waals surface area contributed by atoms with Crippen molar-refractivity contribution in [2.75, 3.05) is 11.9 Å². The highest BCUT2D eigenvalue weighted by molar-refractivity contribution is 5.94. The number of aromatic nitrogens is 2. The summed E-state index contributed by atoms with van der Waals surface area (Å²) >= 11 is 0. The highest BCUT2D eigenvalue weighted by atomic mass is 16.5. The number of aryl methyl sites for hydroxylation is 1. The van der Waals surface area contributed by atoms with Crippen molar-refractivity contribution in [2.45, 2.75) is 39.3 Å². The Hall–Kier alpha value is -2.41. The Morgan fingerprint density at radius 3 is 2.61 bits per heavy atom. The normalized spacial score (nSPS) is 12.0. The van der Waals surface area contributed by atoms with E-state index in [1.807, 2.05) is 26.0 Å². The number of hydrogen-bond donors (Lipinski definition) is 3. The van der Waals surface area contributed by atoms with Crippen molar-refractivity contribution in [3.8, 4) is 0 Å². The maximum atomic E-state index is 12.0. The molecule has 3 N–H and O–H groups in total. The van der Waals surface area contributed by atoms with Gasteiger partial charge >= 0.3 is 0 Å². The van der Waals surface area contributed by atoms with E-state index in [-0.39, 0.29) is 18.6 Å². The fourth-order valence-corrected chi connectivity index (χ4v) is 1.97. The molecule has 0 aliphatic rings. The van der Waals surface area contributed by atoms with E-state index in [4.69, 9.17) is 9.63 Å². The van der Waals surface area contributed by atoms with Gasteiger partial charge in [0, 0.05) is 17.7 Å². The Bertz CT molecular complexity index is 621. The van der Waals surface area contributed by atoms with Crippen molar-refractivity contribution in [1.29, 1.82) is 0 Å². The first-order valence-corrected chi connectivity index (χ1v) is 7.73. The molecule has 2 aromatic rings.